The Bertz CT molecular complexity index is 323. The van der Waals surface area contributed by atoms with Gasteiger partial charge in [-0.2, -0.15) is 20.2 Å². The molecule has 0 saturated heterocycles. The predicted molar refractivity (Wildman–Crippen MR) is 82.3 cm³/mol. The van der Waals surface area contributed by atoms with Gasteiger partial charge in [-0.1, -0.05) is 0 Å². The first-order chi connectivity index (χ1) is 9.39. The minimum absolute atomic E-state index is 0.269. The molecule has 0 atom stereocenters. The summed E-state index contributed by atoms with van der Waals surface area (Å²) in [6.45, 7) is 7.33. The van der Waals surface area contributed by atoms with Gasteiger partial charge < -0.3 is 13.3 Å². The molecule has 0 radical (unpaired) electrons. The van der Waals surface area contributed by atoms with E-state index in [9.17, 15) is 12.3 Å². The van der Waals surface area contributed by atoms with Crippen LogP contribution in [0.4, 0.5) is 3.89 Å². The van der Waals surface area contributed by atoms with Crippen molar-refractivity contribution in [3.63, 3.8) is 0 Å². The van der Waals surface area contributed by atoms with Crippen LogP contribution in [0.3, 0.4) is 0 Å². The normalized spacial score (nSPS) is 12.8. The first-order valence-electron chi connectivity index (χ1n) is 6.81. The Morgan fingerprint density at radius 1 is 1.00 bits per heavy atom. The molecule has 0 fully saturated rings. The van der Waals surface area contributed by atoms with E-state index in [1.807, 2.05) is 20.8 Å². The van der Waals surface area contributed by atoms with E-state index in [0.29, 0.717) is 25.9 Å². The highest BCUT2D eigenvalue weighted by molar-refractivity contribution is 8.00. The fraction of sp³-hybridized carbons (Fsp3) is 1.00. The Kier molecular flexibility index (Phi) is 11.1. The summed E-state index contributed by atoms with van der Waals surface area (Å²) in [6.07, 6.45) is 0.795. The molecule has 122 valence electrons. The van der Waals surface area contributed by atoms with Crippen LogP contribution in [0.2, 0.25) is 6.04 Å². The molecule has 0 spiro atoms. The maximum atomic E-state index is 12.3. The van der Waals surface area contributed by atoms with E-state index in [-0.39, 0.29) is 5.75 Å². The molecule has 0 aliphatic carbocycles. The largest absolute Gasteiger partial charge is 0.500 e. The Hall–Kier alpha value is 0.327. The summed E-state index contributed by atoms with van der Waals surface area (Å²) in [5, 5.41) is 0. The van der Waals surface area contributed by atoms with Gasteiger partial charge >= 0.3 is 19.0 Å². The molecule has 0 aliphatic rings. The number of hydrogen-bond donors (Lipinski definition) is 0. The SMILES string of the molecule is CCO[Si](CCCSCCS(=O)(=O)F)(OCC)OCC. The molecule has 0 N–H and O–H groups in total. The average molecular weight is 349 g/mol. The molecule has 9 heteroatoms. The second-order valence-corrected chi connectivity index (χ2v) is 9.38. The van der Waals surface area contributed by atoms with Crippen LogP contribution in [0.1, 0.15) is 27.2 Å². The molecule has 0 aliphatic heterocycles. The molecule has 5 nitrogen and oxygen atoms in total. The Labute approximate surface area is 127 Å². The van der Waals surface area contributed by atoms with Crippen molar-refractivity contribution in [1.29, 1.82) is 0 Å². The van der Waals surface area contributed by atoms with Crippen LogP contribution in [0.5, 0.6) is 0 Å². The van der Waals surface area contributed by atoms with Gasteiger partial charge in [-0.05, 0) is 32.9 Å². The lowest BCUT2D eigenvalue weighted by Crippen LogP contribution is -2.46. The number of rotatable bonds is 13. The molecule has 0 aromatic rings. The average Bonchev–Trinajstić information content (AvgIpc) is 2.33. The minimum atomic E-state index is -4.35. The molecule has 0 unspecified atom stereocenters. The molecule has 20 heavy (non-hydrogen) atoms. The zero-order valence-corrected chi connectivity index (χ0v) is 15.0. The fourth-order valence-corrected chi connectivity index (χ4v) is 6.34. The van der Waals surface area contributed by atoms with Crippen LogP contribution in [-0.2, 0) is 23.5 Å². The maximum absolute atomic E-state index is 12.3. The van der Waals surface area contributed by atoms with Crippen molar-refractivity contribution >= 4 is 30.8 Å². The maximum Gasteiger partial charge on any atom is 0.500 e. The van der Waals surface area contributed by atoms with Crippen molar-refractivity contribution in [2.24, 2.45) is 0 Å². The van der Waals surface area contributed by atoms with E-state index in [2.05, 4.69) is 0 Å². The third-order valence-corrected chi connectivity index (χ3v) is 7.51. The third kappa shape index (κ3) is 10.1. The van der Waals surface area contributed by atoms with Gasteiger partial charge in [0.2, 0.25) is 0 Å². The van der Waals surface area contributed by atoms with E-state index >= 15 is 0 Å². The van der Waals surface area contributed by atoms with Gasteiger partial charge in [-0.3, -0.25) is 0 Å². The molecular formula is C11H25FO5S2Si. The van der Waals surface area contributed by atoms with Gasteiger partial charge in [0.05, 0.1) is 5.75 Å². The molecule has 0 bridgehead atoms. The zero-order chi connectivity index (χ0) is 15.5. The lowest BCUT2D eigenvalue weighted by atomic mass is 10.6. The highest BCUT2D eigenvalue weighted by Crippen LogP contribution is 2.20. The zero-order valence-electron chi connectivity index (χ0n) is 12.4. The van der Waals surface area contributed by atoms with Crippen molar-refractivity contribution in [2.45, 2.75) is 33.2 Å². The van der Waals surface area contributed by atoms with Gasteiger partial charge in [0.1, 0.15) is 0 Å². The Balaban J connectivity index is 4.06. The van der Waals surface area contributed by atoms with Crippen LogP contribution in [0.25, 0.3) is 0 Å². The summed E-state index contributed by atoms with van der Waals surface area (Å²) in [5.74, 6) is 0.575. The molecule has 0 amide bonds. The summed E-state index contributed by atoms with van der Waals surface area (Å²) in [5.41, 5.74) is 0. The summed E-state index contributed by atoms with van der Waals surface area (Å²) >= 11 is 1.41. The summed E-state index contributed by atoms with van der Waals surface area (Å²) in [6, 6.07) is 0.692. The highest BCUT2D eigenvalue weighted by Gasteiger charge is 2.39. The van der Waals surface area contributed by atoms with E-state index in [1.165, 1.54) is 11.8 Å². The third-order valence-electron chi connectivity index (χ3n) is 2.34. The van der Waals surface area contributed by atoms with Crippen molar-refractivity contribution in [3.05, 3.63) is 0 Å². The standard InChI is InChI=1S/C11H25FO5S2Si/c1-4-15-20(16-5-2,17-6-3)11-7-8-18-9-10-19(12,13)14/h4-11H2,1-3H3. The van der Waals surface area contributed by atoms with Gasteiger partial charge in [-0.15, -0.1) is 3.89 Å². The van der Waals surface area contributed by atoms with Gasteiger partial charge in [0.15, 0.2) is 0 Å². The van der Waals surface area contributed by atoms with E-state index in [4.69, 9.17) is 13.3 Å². The lowest BCUT2D eigenvalue weighted by molar-refractivity contribution is 0.0712. The summed E-state index contributed by atoms with van der Waals surface area (Å²) < 4.78 is 50.1. The monoisotopic (exact) mass is 348 g/mol. The van der Waals surface area contributed by atoms with Gasteiger partial charge in [0.25, 0.3) is 0 Å². The Morgan fingerprint density at radius 3 is 1.90 bits per heavy atom. The first kappa shape index (κ1) is 20.3. The molecule has 0 aromatic carbocycles. The number of halogens is 1. The predicted octanol–water partition coefficient (Wildman–Crippen LogP) is 2.46. The molecule has 0 aromatic heterocycles. The smallest absolute Gasteiger partial charge is 0.374 e. The van der Waals surface area contributed by atoms with Crippen LogP contribution < -0.4 is 0 Å². The van der Waals surface area contributed by atoms with E-state index in [1.54, 1.807) is 0 Å². The quantitative estimate of drug-likeness (QED) is 0.289. The molecule has 0 rings (SSSR count). The second-order valence-electron chi connectivity index (χ2n) is 3.94. The highest BCUT2D eigenvalue weighted by atomic mass is 32.3. The number of thioether (sulfide) groups is 1. The van der Waals surface area contributed by atoms with Crippen molar-refractivity contribution < 1.29 is 25.6 Å². The molecular weight excluding hydrogens is 323 g/mol. The van der Waals surface area contributed by atoms with Crippen LogP contribution >= 0.6 is 11.8 Å². The second kappa shape index (κ2) is 11.0. The topological polar surface area (TPSA) is 61.8 Å². The number of hydrogen-bond acceptors (Lipinski definition) is 6. The van der Waals surface area contributed by atoms with Crippen molar-refractivity contribution in [1.82, 2.24) is 0 Å². The molecule has 0 saturated carbocycles. The fourth-order valence-electron chi connectivity index (χ4n) is 1.65. The first-order valence-corrected chi connectivity index (χ1v) is 11.4. The Morgan fingerprint density at radius 2 is 1.50 bits per heavy atom. The summed E-state index contributed by atoms with van der Waals surface area (Å²) in [7, 11) is -6.95. The van der Waals surface area contributed by atoms with E-state index in [0.717, 1.165) is 12.2 Å². The van der Waals surface area contributed by atoms with Gasteiger partial charge in [0, 0.05) is 31.6 Å². The summed E-state index contributed by atoms with van der Waals surface area (Å²) in [4.78, 5) is 0. The van der Waals surface area contributed by atoms with Crippen molar-refractivity contribution in [3.8, 4) is 0 Å². The lowest BCUT2D eigenvalue weighted by Gasteiger charge is -2.28. The van der Waals surface area contributed by atoms with Crippen LogP contribution in [-0.4, -0.2) is 54.3 Å². The minimum Gasteiger partial charge on any atom is -0.374 e. The van der Waals surface area contributed by atoms with Crippen LogP contribution in [0.15, 0.2) is 0 Å². The van der Waals surface area contributed by atoms with E-state index < -0.39 is 24.8 Å². The molecule has 0 heterocycles. The van der Waals surface area contributed by atoms with Crippen molar-refractivity contribution in [2.75, 3.05) is 37.1 Å². The van der Waals surface area contributed by atoms with Crippen LogP contribution in [0, 0.1) is 0 Å². The van der Waals surface area contributed by atoms with Gasteiger partial charge in [-0.25, -0.2) is 0 Å².